The second-order valence-electron chi connectivity index (χ2n) is 6.49. The van der Waals surface area contributed by atoms with Crippen LogP contribution in [0.5, 0.6) is 0 Å². The number of fused-ring (bicyclic) bond motifs is 1. The quantitative estimate of drug-likeness (QED) is 0.939. The molecule has 1 aliphatic carbocycles. The van der Waals surface area contributed by atoms with Crippen molar-refractivity contribution in [1.82, 2.24) is 19.7 Å². The summed E-state index contributed by atoms with van der Waals surface area (Å²) in [6.07, 6.45) is 6.70. The standard InChI is InChI=1S/C17H22N4O/c22-17(14-2-3-14)16-10-15-12-20(8-1-9-21(15)19-16)11-13-4-6-18-7-5-13/h4-7,10,14,17,22H,1-3,8-9,11-12H2/t17-/m0/s1. The van der Waals surface area contributed by atoms with Gasteiger partial charge in [-0.25, -0.2) is 0 Å². The van der Waals surface area contributed by atoms with Gasteiger partial charge in [-0.3, -0.25) is 14.6 Å². The van der Waals surface area contributed by atoms with E-state index in [-0.39, 0.29) is 6.10 Å². The van der Waals surface area contributed by atoms with Crippen molar-refractivity contribution in [2.75, 3.05) is 6.54 Å². The van der Waals surface area contributed by atoms with Gasteiger partial charge in [-0.15, -0.1) is 0 Å². The molecule has 1 atom stereocenters. The summed E-state index contributed by atoms with van der Waals surface area (Å²) < 4.78 is 2.09. The van der Waals surface area contributed by atoms with Crippen molar-refractivity contribution in [3.05, 3.63) is 47.5 Å². The Balaban J connectivity index is 1.50. The molecule has 2 aromatic rings. The topological polar surface area (TPSA) is 54.2 Å². The summed E-state index contributed by atoms with van der Waals surface area (Å²) in [5, 5.41) is 14.9. The molecule has 1 fully saturated rings. The van der Waals surface area contributed by atoms with Crippen LogP contribution in [0.1, 0.15) is 42.3 Å². The summed E-state index contributed by atoms with van der Waals surface area (Å²) in [6.45, 7) is 3.85. The fourth-order valence-electron chi connectivity index (χ4n) is 3.23. The van der Waals surface area contributed by atoms with E-state index >= 15 is 0 Å². The third-order valence-corrected chi connectivity index (χ3v) is 4.64. The second-order valence-corrected chi connectivity index (χ2v) is 6.49. The number of aliphatic hydroxyl groups excluding tert-OH is 1. The molecule has 0 bridgehead atoms. The molecule has 22 heavy (non-hydrogen) atoms. The highest BCUT2D eigenvalue weighted by Gasteiger charge is 2.33. The average Bonchev–Trinajstić information content (AvgIpc) is 3.33. The summed E-state index contributed by atoms with van der Waals surface area (Å²) in [5.41, 5.74) is 3.38. The fraction of sp³-hybridized carbons (Fsp3) is 0.529. The van der Waals surface area contributed by atoms with Crippen LogP contribution in [0, 0.1) is 5.92 Å². The Morgan fingerprint density at radius 1 is 1.23 bits per heavy atom. The molecule has 1 aliphatic heterocycles. The molecule has 5 nitrogen and oxygen atoms in total. The van der Waals surface area contributed by atoms with E-state index in [2.05, 4.69) is 37.9 Å². The number of aromatic nitrogens is 3. The van der Waals surface area contributed by atoms with Gasteiger partial charge in [0.2, 0.25) is 0 Å². The predicted molar refractivity (Wildman–Crippen MR) is 82.9 cm³/mol. The molecule has 0 unspecified atom stereocenters. The molecule has 1 N–H and O–H groups in total. The highest BCUT2D eigenvalue weighted by atomic mass is 16.3. The van der Waals surface area contributed by atoms with Crippen LogP contribution < -0.4 is 0 Å². The first kappa shape index (κ1) is 13.9. The first-order valence-corrected chi connectivity index (χ1v) is 8.15. The van der Waals surface area contributed by atoms with Gasteiger partial charge in [0.05, 0.1) is 11.4 Å². The maximum Gasteiger partial charge on any atom is 0.101 e. The van der Waals surface area contributed by atoms with Gasteiger partial charge in [-0.1, -0.05) is 0 Å². The van der Waals surface area contributed by atoms with Crippen LogP contribution in [0.2, 0.25) is 0 Å². The maximum atomic E-state index is 10.3. The van der Waals surface area contributed by atoms with Crippen LogP contribution in [0.3, 0.4) is 0 Å². The SMILES string of the molecule is O[C@H](c1cc2n(n1)CCCN(Cc1ccncc1)C2)C1CC1. The fourth-order valence-corrected chi connectivity index (χ4v) is 3.23. The van der Waals surface area contributed by atoms with Crippen molar-refractivity contribution < 1.29 is 5.11 Å². The van der Waals surface area contributed by atoms with E-state index in [1.54, 1.807) is 0 Å². The molecular formula is C17H22N4O. The Hall–Kier alpha value is -1.72. The lowest BCUT2D eigenvalue weighted by Gasteiger charge is -2.19. The Kier molecular flexibility index (Phi) is 3.68. The van der Waals surface area contributed by atoms with Crippen LogP contribution >= 0.6 is 0 Å². The average molecular weight is 298 g/mol. The first-order valence-electron chi connectivity index (χ1n) is 8.15. The predicted octanol–water partition coefficient (Wildman–Crippen LogP) is 2.13. The van der Waals surface area contributed by atoms with Crippen molar-refractivity contribution in [2.45, 2.75) is 45.0 Å². The summed E-state index contributed by atoms with van der Waals surface area (Å²) in [4.78, 5) is 6.53. The van der Waals surface area contributed by atoms with E-state index < -0.39 is 0 Å². The largest absolute Gasteiger partial charge is 0.386 e. The third-order valence-electron chi connectivity index (χ3n) is 4.64. The Bertz CT molecular complexity index is 635. The van der Waals surface area contributed by atoms with Crippen molar-refractivity contribution in [3.8, 4) is 0 Å². The maximum absolute atomic E-state index is 10.3. The lowest BCUT2D eigenvalue weighted by molar-refractivity contribution is 0.148. The van der Waals surface area contributed by atoms with Crippen molar-refractivity contribution in [2.24, 2.45) is 5.92 Å². The van der Waals surface area contributed by atoms with Crippen molar-refractivity contribution in [3.63, 3.8) is 0 Å². The van der Waals surface area contributed by atoms with Crippen molar-refractivity contribution in [1.29, 1.82) is 0 Å². The number of pyridine rings is 1. The van der Waals surface area contributed by atoms with E-state index in [4.69, 9.17) is 0 Å². The smallest absolute Gasteiger partial charge is 0.101 e. The monoisotopic (exact) mass is 298 g/mol. The number of aryl methyl sites for hydroxylation is 1. The molecule has 3 heterocycles. The van der Waals surface area contributed by atoms with E-state index in [1.807, 2.05) is 12.4 Å². The number of hydrogen-bond donors (Lipinski definition) is 1. The van der Waals surface area contributed by atoms with Gasteiger partial charge < -0.3 is 5.11 Å². The molecule has 0 radical (unpaired) electrons. The summed E-state index contributed by atoms with van der Waals surface area (Å²) in [5.74, 6) is 0.437. The molecule has 116 valence electrons. The van der Waals surface area contributed by atoms with Crippen LogP contribution in [-0.2, 0) is 19.6 Å². The van der Waals surface area contributed by atoms with Gasteiger partial charge in [0, 0.05) is 38.6 Å². The van der Waals surface area contributed by atoms with Gasteiger partial charge in [0.25, 0.3) is 0 Å². The minimum atomic E-state index is -0.368. The van der Waals surface area contributed by atoms with Crippen LogP contribution in [-0.4, -0.2) is 31.3 Å². The molecule has 0 saturated heterocycles. The van der Waals surface area contributed by atoms with E-state index in [9.17, 15) is 5.11 Å². The summed E-state index contributed by atoms with van der Waals surface area (Å²) in [6, 6.07) is 6.25. The highest BCUT2D eigenvalue weighted by molar-refractivity contribution is 5.16. The molecule has 1 saturated carbocycles. The summed E-state index contributed by atoms with van der Waals surface area (Å²) in [7, 11) is 0. The van der Waals surface area contributed by atoms with Gasteiger partial charge in [-0.05, 0) is 48.9 Å². The molecule has 0 spiro atoms. The van der Waals surface area contributed by atoms with E-state index in [1.165, 1.54) is 11.3 Å². The number of rotatable bonds is 4. The zero-order valence-electron chi connectivity index (χ0n) is 12.7. The normalized spacial score (nSPS) is 20.4. The lowest BCUT2D eigenvalue weighted by Crippen LogP contribution is -2.22. The molecule has 5 heteroatoms. The molecule has 0 amide bonds. The van der Waals surface area contributed by atoms with Gasteiger partial charge in [-0.2, -0.15) is 5.10 Å². The number of aliphatic hydroxyl groups is 1. The molecule has 4 rings (SSSR count). The Morgan fingerprint density at radius 2 is 2.05 bits per heavy atom. The Morgan fingerprint density at radius 3 is 2.82 bits per heavy atom. The minimum absolute atomic E-state index is 0.368. The zero-order valence-corrected chi connectivity index (χ0v) is 12.7. The number of hydrogen-bond acceptors (Lipinski definition) is 4. The highest BCUT2D eigenvalue weighted by Crippen LogP contribution is 2.40. The number of nitrogens with zero attached hydrogens (tertiary/aromatic N) is 4. The summed E-state index contributed by atoms with van der Waals surface area (Å²) >= 11 is 0. The molecule has 0 aromatic carbocycles. The van der Waals surface area contributed by atoms with Crippen molar-refractivity contribution >= 4 is 0 Å². The van der Waals surface area contributed by atoms with Gasteiger partial charge in [0.15, 0.2) is 0 Å². The van der Waals surface area contributed by atoms with Crippen LogP contribution in [0.25, 0.3) is 0 Å². The third kappa shape index (κ3) is 2.91. The van der Waals surface area contributed by atoms with Gasteiger partial charge in [0.1, 0.15) is 6.10 Å². The van der Waals surface area contributed by atoms with E-state index in [0.717, 1.165) is 51.1 Å². The van der Waals surface area contributed by atoms with E-state index in [0.29, 0.717) is 5.92 Å². The molecular weight excluding hydrogens is 276 g/mol. The van der Waals surface area contributed by atoms with Crippen LogP contribution in [0.4, 0.5) is 0 Å². The lowest BCUT2D eigenvalue weighted by atomic mass is 10.1. The van der Waals surface area contributed by atoms with Crippen LogP contribution in [0.15, 0.2) is 30.6 Å². The molecule has 2 aliphatic rings. The minimum Gasteiger partial charge on any atom is -0.386 e. The second kappa shape index (κ2) is 5.82. The zero-order chi connectivity index (χ0) is 14.9. The Labute approximate surface area is 130 Å². The first-order chi connectivity index (χ1) is 10.8. The van der Waals surface area contributed by atoms with Gasteiger partial charge >= 0.3 is 0 Å². The molecule has 2 aromatic heterocycles.